The number of aliphatic hydroxyl groups excluding tert-OH is 1. The van der Waals surface area contributed by atoms with Gasteiger partial charge in [-0.05, 0) is 116 Å². The number of nitrogens with zero attached hydrogens (tertiary/aromatic N) is 3. The highest BCUT2D eigenvalue weighted by atomic mass is 16.4. The average molecular weight is 1680 g/mol. The quantitative estimate of drug-likeness (QED) is 0.0153. The molecule has 1 fully saturated rings. The number of aliphatic hydroxyl groups is 1. The van der Waals surface area contributed by atoms with Gasteiger partial charge in [-0.3, -0.25) is 96.3 Å². The molecule has 0 radical (unpaired) electrons. The molecule has 0 aromatic heterocycles. The summed E-state index contributed by atoms with van der Waals surface area (Å²) in [5.41, 5.74) is 49.0. The van der Waals surface area contributed by atoms with E-state index in [0.29, 0.717) is 19.3 Å². The molecule has 1 heterocycles. The molecule has 0 aliphatic carbocycles. The molecule has 17 atom stereocenters. The molecule has 1 aliphatic rings. The Morgan fingerprint density at radius 2 is 0.788 bits per heavy atom. The number of likely N-dealkylation sites (tertiary alicyclic amines) is 1. The van der Waals surface area contributed by atoms with E-state index in [0.717, 1.165) is 6.92 Å². The van der Waals surface area contributed by atoms with Crippen molar-refractivity contribution in [3.05, 3.63) is 0 Å². The molecule has 1 saturated heterocycles. The molecule has 0 aromatic rings. The minimum absolute atomic E-state index is 0.0221. The van der Waals surface area contributed by atoms with Crippen molar-refractivity contribution in [3.8, 4) is 0 Å². The Balaban J connectivity index is 0.00000236. The van der Waals surface area contributed by atoms with E-state index in [-0.39, 0.29) is 102 Å². The number of guanidine groups is 2. The maximum absolute atomic E-state index is 14.2. The molecule has 47 nitrogen and oxygen atoms in total. The van der Waals surface area contributed by atoms with Gasteiger partial charge in [0.2, 0.25) is 94.5 Å². The number of carboxylic acids is 3. The van der Waals surface area contributed by atoms with E-state index in [1.807, 2.05) is 6.92 Å². The Kier molecular flexibility index (Phi) is 48.3. The molecule has 47 heteroatoms. The molecule has 0 spiro atoms. The van der Waals surface area contributed by atoms with Gasteiger partial charge in [0.1, 0.15) is 78.5 Å². The maximum atomic E-state index is 14.2. The fraction of sp³-hybridized carbons (Fsp3) is 0.704. The summed E-state index contributed by atoms with van der Waals surface area (Å²) in [6, 6.07) is -20.0. The third-order valence-corrected chi connectivity index (χ3v) is 18.3. The number of primary amides is 3. The first kappa shape index (κ1) is 106. The zero-order valence-corrected chi connectivity index (χ0v) is 68.9. The molecule has 0 bridgehead atoms. The van der Waals surface area contributed by atoms with Crippen LogP contribution in [0, 0.1) is 23.7 Å². The topological polar surface area (TPSA) is 812 Å². The van der Waals surface area contributed by atoms with Crippen molar-refractivity contribution < 1.29 is 112 Å². The molecule has 1 rings (SSSR count). The number of nitrogens with two attached hydrogens (primary N) is 9. The van der Waals surface area contributed by atoms with Gasteiger partial charge in [0.25, 0.3) is 0 Å². The van der Waals surface area contributed by atoms with E-state index in [1.165, 1.54) is 39.5 Å². The number of carbonyl (C=O) groups excluding carboxylic acids is 16. The first-order valence-electron chi connectivity index (χ1n) is 38.6. The molecule has 1 aliphatic heterocycles. The SMILES string of the molecule is CC(C)CC(NC(=O)C(NC(=O)C(N)CCC(N)=O)C(C)O)C(=O)NC(CCC(N)=O)C(=O)NC(C)C(=O)NC(CC(=O)O)C(=O)NC(C(=O)O)C(C)C.CCC(C)C(NC(=O)C(C)NC(=O)C(N)CCCN=C(N)N)C(=O)N1CCCC1C(=O)NC(CCCN=C(N)N)C(=O)NC(CCC(N)=O)C(=O)NC(C(=O)NC(C)C(=O)O)C(C)C. The van der Waals surface area contributed by atoms with Gasteiger partial charge < -0.3 is 141 Å². The van der Waals surface area contributed by atoms with Crippen LogP contribution in [-0.4, -0.2) is 266 Å². The number of aliphatic carboxylic acids is 3. The Morgan fingerprint density at radius 3 is 1.25 bits per heavy atom. The van der Waals surface area contributed by atoms with Crippen LogP contribution < -0.4 is 115 Å². The van der Waals surface area contributed by atoms with Gasteiger partial charge in [-0.1, -0.05) is 61.8 Å². The third kappa shape index (κ3) is 40.8. The molecular weight excluding hydrogens is 1560 g/mol. The smallest absolute Gasteiger partial charge is 0.326 e. The number of nitrogens with one attached hydrogen (secondary N) is 12. The van der Waals surface area contributed by atoms with E-state index in [4.69, 9.17) is 51.6 Å². The molecule has 17 unspecified atom stereocenters. The lowest BCUT2D eigenvalue weighted by atomic mass is 9.97. The van der Waals surface area contributed by atoms with Gasteiger partial charge in [-0.2, -0.15) is 0 Å². The van der Waals surface area contributed by atoms with Crippen LogP contribution in [0.5, 0.6) is 0 Å². The number of amides is 16. The van der Waals surface area contributed by atoms with Crippen LogP contribution in [0.4, 0.5) is 0 Å². The van der Waals surface area contributed by atoms with Crippen molar-refractivity contribution in [3.63, 3.8) is 0 Å². The summed E-state index contributed by atoms with van der Waals surface area (Å²) in [5, 5.41) is 67.1. The van der Waals surface area contributed by atoms with E-state index in [9.17, 15) is 112 Å². The number of hydrogen-bond donors (Lipinski definition) is 25. The summed E-state index contributed by atoms with van der Waals surface area (Å²) in [5.74, 6) is -19.8. The number of carboxylic acid groups (broad SMARTS) is 3. The summed E-state index contributed by atoms with van der Waals surface area (Å²) >= 11 is 0. The molecule has 668 valence electrons. The van der Waals surface area contributed by atoms with Gasteiger partial charge in [0.15, 0.2) is 11.9 Å². The van der Waals surface area contributed by atoms with Gasteiger partial charge in [0.05, 0.1) is 24.6 Å². The summed E-state index contributed by atoms with van der Waals surface area (Å²) in [6.07, 6.45) is -2.45. The molecule has 34 N–H and O–H groups in total. The molecule has 0 saturated carbocycles. The van der Waals surface area contributed by atoms with Gasteiger partial charge in [-0.25, -0.2) is 4.79 Å². The van der Waals surface area contributed by atoms with Crippen LogP contribution in [0.25, 0.3) is 0 Å². The summed E-state index contributed by atoms with van der Waals surface area (Å²) in [7, 11) is 0. The lowest BCUT2D eigenvalue weighted by Gasteiger charge is -2.33. The second kappa shape index (κ2) is 53.6. The Bertz CT molecular complexity index is 3540. The van der Waals surface area contributed by atoms with Crippen molar-refractivity contribution >= 4 is 124 Å². The minimum Gasteiger partial charge on any atom is -0.481 e. The van der Waals surface area contributed by atoms with Gasteiger partial charge >= 0.3 is 17.9 Å². The van der Waals surface area contributed by atoms with Gasteiger partial charge in [0, 0.05) is 38.9 Å². The van der Waals surface area contributed by atoms with Crippen molar-refractivity contribution in [1.82, 2.24) is 68.7 Å². The highest BCUT2D eigenvalue weighted by Gasteiger charge is 2.43. The fourth-order valence-electron chi connectivity index (χ4n) is 11.2. The van der Waals surface area contributed by atoms with Crippen molar-refractivity contribution in [2.75, 3.05) is 19.6 Å². The van der Waals surface area contributed by atoms with Crippen LogP contribution in [-0.2, 0) is 91.1 Å². The maximum Gasteiger partial charge on any atom is 0.326 e. The predicted molar refractivity (Wildman–Crippen MR) is 424 cm³/mol. The lowest BCUT2D eigenvalue weighted by molar-refractivity contribution is -0.144. The van der Waals surface area contributed by atoms with Gasteiger partial charge in [-0.15, -0.1) is 0 Å². The van der Waals surface area contributed by atoms with Crippen molar-refractivity contribution in [2.45, 2.75) is 276 Å². The van der Waals surface area contributed by atoms with E-state index in [2.05, 4.69) is 73.8 Å². The minimum atomic E-state index is -1.75. The first-order valence-corrected chi connectivity index (χ1v) is 38.6. The van der Waals surface area contributed by atoms with E-state index < -0.39 is 240 Å². The highest BCUT2D eigenvalue weighted by Crippen LogP contribution is 2.23. The monoisotopic (exact) mass is 1680 g/mol. The molecular formula is C71H126N24O23. The Labute approximate surface area is 683 Å². The van der Waals surface area contributed by atoms with E-state index >= 15 is 0 Å². The number of aliphatic imine (C=N–C) groups is 2. The summed E-state index contributed by atoms with van der Waals surface area (Å²) in [4.78, 5) is 251. The van der Waals surface area contributed by atoms with Crippen LogP contribution in [0.1, 0.15) is 179 Å². The first-order chi connectivity index (χ1) is 54.8. The summed E-state index contributed by atoms with van der Waals surface area (Å²) < 4.78 is 0. The number of rotatable bonds is 53. The van der Waals surface area contributed by atoms with Crippen molar-refractivity contribution in [2.24, 2.45) is 85.3 Å². The normalized spacial score (nSPS) is 16.4. The largest absolute Gasteiger partial charge is 0.481 e. The van der Waals surface area contributed by atoms with Crippen LogP contribution in [0.2, 0.25) is 0 Å². The second-order valence-corrected chi connectivity index (χ2v) is 29.8. The third-order valence-electron chi connectivity index (χ3n) is 18.3. The predicted octanol–water partition coefficient (Wildman–Crippen LogP) is -9.17. The average Bonchev–Trinajstić information content (AvgIpc) is 1.62. The van der Waals surface area contributed by atoms with Crippen LogP contribution in [0.3, 0.4) is 0 Å². The molecule has 16 amide bonds. The Hall–Kier alpha value is -11.6. The summed E-state index contributed by atoms with van der Waals surface area (Å²) in [6.45, 7) is 18.7. The lowest BCUT2D eigenvalue weighted by Crippen LogP contribution is -2.61. The number of hydrogen-bond acceptors (Lipinski definition) is 24. The highest BCUT2D eigenvalue weighted by molar-refractivity contribution is 6.00. The zero-order chi connectivity index (χ0) is 90.9. The standard InChI is InChI=1S/C39H71N15O10.C32H55N9O13/c1-7-20(4)29(53-30(56)21(5)48-31(57)23(40)11-8-16-46-38(42)43)36(62)54-18-10-13-26(54)34(60)51-24(12-9-17-47-39(44)45)32(58)50-25(14-15-27(41)55)33(59)52-28(19(2)3)35(61)49-22(6)37(63)64;1-13(2)11-19(39-31(52)25(16(6)42)41-27(48)17(33)7-9-21(34)43)29(50)37-18(8-10-22(35)44)28(49)36-15(5)26(47)38-20(12-23(45)46)30(51)40-24(14(3)4)32(53)54/h19-26,28-29H,7-18,40H2,1-6H3,(H2,41,55)(H,48,57)(H,49,61)(H,50,58)(H,51,60)(H,52,59)(H,53,56)(H,63,64)(H4,42,43,46)(H4,44,45,47);13-20,24-25,42H,7-12,33H2,1-6H3,(H2,34,43)(H2,35,44)(H,36,49)(H,37,50)(H,38,47)(H,39,52)(H,40,51)(H,41,48)(H,45,46)(H,53,54). The fourth-order valence-corrected chi connectivity index (χ4v) is 11.2. The zero-order valence-electron chi connectivity index (χ0n) is 68.9. The van der Waals surface area contributed by atoms with E-state index in [1.54, 1.807) is 34.6 Å². The van der Waals surface area contributed by atoms with Crippen LogP contribution >= 0.6 is 0 Å². The Morgan fingerprint density at radius 1 is 0.407 bits per heavy atom. The van der Waals surface area contributed by atoms with Crippen LogP contribution in [0.15, 0.2) is 9.98 Å². The van der Waals surface area contributed by atoms with Crippen molar-refractivity contribution in [1.29, 1.82) is 0 Å². The number of carbonyl (C=O) groups is 19. The molecule has 0 aromatic carbocycles. The second-order valence-electron chi connectivity index (χ2n) is 29.8. The molecule has 118 heavy (non-hydrogen) atoms.